The number of nitrogens with zero attached hydrogens (tertiary/aromatic N) is 2. The molecule has 0 aromatic heterocycles. The molecule has 1 unspecified atom stereocenters. The van der Waals surface area contributed by atoms with Crippen molar-refractivity contribution in [3.05, 3.63) is 33.8 Å². The predicted octanol–water partition coefficient (Wildman–Crippen LogP) is 3.98. The normalized spacial score (nSPS) is 20.8. The Hall–Kier alpha value is -1.30. The zero-order valence-electron chi connectivity index (χ0n) is 16.3. The highest BCUT2D eigenvalue weighted by atomic mass is 35.5. The van der Waals surface area contributed by atoms with Gasteiger partial charge in [-0.2, -0.15) is 0 Å². The number of benzene rings is 1. The summed E-state index contributed by atoms with van der Waals surface area (Å²) < 4.78 is 0. The van der Waals surface area contributed by atoms with Crippen LogP contribution in [0.15, 0.2) is 18.2 Å². The largest absolute Gasteiger partial charge is 0.354 e. The molecule has 0 saturated carbocycles. The van der Waals surface area contributed by atoms with E-state index in [9.17, 15) is 9.59 Å². The SMILES string of the molecule is O=C(NCCCN1CCCCCC1)C1CCCN1C(=O)c1ccc(Cl)c(Cl)c1. The third-order valence-corrected chi connectivity index (χ3v) is 6.37. The number of carbonyl (C=O) groups is 2. The van der Waals surface area contributed by atoms with E-state index in [0.29, 0.717) is 35.1 Å². The standard InChI is InChI=1S/C21H29Cl2N3O2/c22-17-9-8-16(15-18(17)23)21(28)26-14-5-7-19(26)20(27)24-10-6-13-25-11-3-1-2-4-12-25/h8-9,15,19H,1-7,10-14H2,(H,24,27). The summed E-state index contributed by atoms with van der Waals surface area (Å²) in [5.41, 5.74) is 0.468. The lowest BCUT2D eigenvalue weighted by Gasteiger charge is -2.24. The maximum absolute atomic E-state index is 12.8. The molecule has 0 radical (unpaired) electrons. The molecule has 2 amide bonds. The maximum atomic E-state index is 12.8. The summed E-state index contributed by atoms with van der Waals surface area (Å²) in [7, 11) is 0. The van der Waals surface area contributed by atoms with Crippen LogP contribution in [-0.4, -0.2) is 60.4 Å². The molecule has 154 valence electrons. The Morgan fingerprint density at radius 2 is 1.75 bits per heavy atom. The van der Waals surface area contributed by atoms with Crippen molar-refractivity contribution in [2.24, 2.45) is 0 Å². The first kappa shape index (κ1) is 21.4. The fourth-order valence-corrected chi connectivity index (χ4v) is 4.37. The van der Waals surface area contributed by atoms with E-state index in [4.69, 9.17) is 23.2 Å². The number of nitrogens with one attached hydrogen (secondary N) is 1. The summed E-state index contributed by atoms with van der Waals surface area (Å²) in [6.07, 6.45) is 7.69. The molecule has 3 rings (SSSR count). The Balaban J connectivity index is 1.48. The molecule has 2 fully saturated rings. The second-order valence-corrected chi connectivity index (χ2v) is 8.50. The highest BCUT2D eigenvalue weighted by Gasteiger charge is 2.34. The van der Waals surface area contributed by atoms with Crippen LogP contribution in [0.3, 0.4) is 0 Å². The van der Waals surface area contributed by atoms with Gasteiger partial charge in [0, 0.05) is 18.7 Å². The number of rotatable bonds is 6. The van der Waals surface area contributed by atoms with Crippen LogP contribution in [0, 0.1) is 0 Å². The van der Waals surface area contributed by atoms with Gasteiger partial charge < -0.3 is 15.1 Å². The van der Waals surface area contributed by atoms with Gasteiger partial charge in [-0.15, -0.1) is 0 Å². The Kier molecular flexibility index (Phi) is 8.00. The molecule has 2 heterocycles. The molecule has 2 saturated heterocycles. The average molecular weight is 426 g/mol. The molecular weight excluding hydrogens is 397 g/mol. The van der Waals surface area contributed by atoms with E-state index in [1.165, 1.54) is 38.8 Å². The highest BCUT2D eigenvalue weighted by Crippen LogP contribution is 2.26. The minimum absolute atomic E-state index is 0.0539. The first-order valence-electron chi connectivity index (χ1n) is 10.3. The number of hydrogen-bond acceptors (Lipinski definition) is 3. The van der Waals surface area contributed by atoms with Gasteiger partial charge in [0.25, 0.3) is 5.91 Å². The van der Waals surface area contributed by atoms with Crippen LogP contribution in [0.1, 0.15) is 55.3 Å². The number of hydrogen-bond donors (Lipinski definition) is 1. The molecule has 1 aromatic carbocycles. The molecule has 1 atom stereocenters. The van der Waals surface area contributed by atoms with Crippen molar-refractivity contribution < 1.29 is 9.59 Å². The number of halogens is 2. The van der Waals surface area contributed by atoms with E-state index < -0.39 is 6.04 Å². The minimum Gasteiger partial charge on any atom is -0.354 e. The number of carbonyl (C=O) groups excluding carboxylic acids is 2. The average Bonchev–Trinajstić information content (AvgIpc) is 3.04. The Labute approximate surface area is 177 Å². The van der Waals surface area contributed by atoms with Crippen LogP contribution in [0.25, 0.3) is 0 Å². The zero-order chi connectivity index (χ0) is 19.9. The second kappa shape index (κ2) is 10.5. The van der Waals surface area contributed by atoms with Gasteiger partial charge in [0.2, 0.25) is 5.91 Å². The summed E-state index contributed by atoms with van der Waals surface area (Å²) in [4.78, 5) is 29.6. The van der Waals surface area contributed by atoms with Crippen molar-refractivity contribution in [3.63, 3.8) is 0 Å². The van der Waals surface area contributed by atoms with Crippen molar-refractivity contribution in [1.29, 1.82) is 0 Å². The molecule has 0 aliphatic carbocycles. The fraction of sp³-hybridized carbons (Fsp3) is 0.619. The first-order valence-corrected chi connectivity index (χ1v) is 11.1. The molecule has 1 aromatic rings. The highest BCUT2D eigenvalue weighted by molar-refractivity contribution is 6.42. The van der Waals surface area contributed by atoms with Crippen molar-refractivity contribution in [1.82, 2.24) is 15.1 Å². The van der Waals surface area contributed by atoms with Crippen LogP contribution in [-0.2, 0) is 4.79 Å². The van der Waals surface area contributed by atoms with Crippen LogP contribution in [0.4, 0.5) is 0 Å². The van der Waals surface area contributed by atoms with E-state index in [1.807, 2.05) is 0 Å². The Morgan fingerprint density at radius 3 is 2.46 bits per heavy atom. The number of likely N-dealkylation sites (tertiary alicyclic amines) is 2. The predicted molar refractivity (Wildman–Crippen MR) is 113 cm³/mol. The summed E-state index contributed by atoms with van der Waals surface area (Å²) in [5, 5.41) is 3.79. The van der Waals surface area contributed by atoms with Crippen LogP contribution in [0.5, 0.6) is 0 Å². The van der Waals surface area contributed by atoms with Crippen LogP contribution < -0.4 is 5.32 Å². The molecule has 2 aliphatic heterocycles. The summed E-state index contributed by atoms with van der Waals surface area (Å²) in [5.74, 6) is -0.220. The van der Waals surface area contributed by atoms with E-state index in [2.05, 4.69) is 10.2 Å². The topological polar surface area (TPSA) is 52.7 Å². The molecule has 7 heteroatoms. The summed E-state index contributed by atoms with van der Waals surface area (Å²) in [6.45, 7) is 4.60. The van der Waals surface area contributed by atoms with Crippen molar-refractivity contribution in [2.75, 3.05) is 32.7 Å². The van der Waals surface area contributed by atoms with Gasteiger partial charge in [0.05, 0.1) is 10.0 Å². The summed E-state index contributed by atoms with van der Waals surface area (Å²) in [6, 6.07) is 4.44. The van der Waals surface area contributed by atoms with Crippen molar-refractivity contribution >= 4 is 35.0 Å². The van der Waals surface area contributed by atoms with Crippen LogP contribution in [0.2, 0.25) is 10.0 Å². The van der Waals surface area contributed by atoms with E-state index >= 15 is 0 Å². The van der Waals surface area contributed by atoms with Gasteiger partial charge in [0.1, 0.15) is 6.04 Å². The molecular formula is C21H29Cl2N3O2. The number of amides is 2. The minimum atomic E-state index is -0.403. The Bertz CT molecular complexity index is 690. The van der Waals surface area contributed by atoms with Gasteiger partial charge in [-0.05, 0) is 69.9 Å². The lowest BCUT2D eigenvalue weighted by molar-refractivity contribution is -0.124. The summed E-state index contributed by atoms with van der Waals surface area (Å²) >= 11 is 12.0. The monoisotopic (exact) mass is 425 g/mol. The van der Waals surface area contributed by atoms with Gasteiger partial charge in [-0.3, -0.25) is 9.59 Å². The molecule has 28 heavy (non-hydrogen) atoms. The molecule has 1 N–H and O–H groups in total. The molecule has 0 bridgehead atoms. The van der Waals surface area contributed by atoms with E-state index in [1.54, 1.807) is 23.1 Å². The molecule has 0 spiro atoms. The molecule has 5 nitrogen and oxygen atoms in total. The van der Waals surface area contributed by atoms with E-state index in [0.717, 1.165) is 19.4 Å². The van der Waals surface area contributed by atoms with Crippen LogP contribution >= 0.6 is 23.2 Å². The maximum Gasteiger partial charge on any atom is 0.254 e. The Morgan fingerprint density at radius 1 is 1.00 bits per heavy atom. The van der Waals surface area contributed by atoms with Crippen molar-refractivity contribution in [3.8, 4) is 0 Å². The lowest BCUT2D eigenvalue weighted by Crippen LogP contribution is -2.46. The third kappa shape index (κ3) is 5.62. The van der Waals surface area contributed by atoms with Gasteiger partial charge >= 0.3 is 0 Å². The van der Waals surface area contributed by atoms with Gasteiger partial charge in [-0.1, -0.05) is 36.0 Å². The van der Waals surface area contributed by atoms with Gasteiger partial charge in [0.15, 0.2) is 0 Å². The lowest BCUT2D eigenvalue weighted by atomic mass is 10.1. The second-order valence-electron chi connectivity index (χ2n) is 7.69. The third-order valence-electron chi connectivity index (χ3n) is 5.63. The molecule has 2 aliphatic rings. The zero-order valence-corrected chi connectivity index (χ0v) is 17.8. The van der Waals surface area contributed by atoms with Gasteiger partial charge in [-0.25, -0.2) is 0 Å². The van der Waals surface area contributed by atoms with Crippen molar-refractivity contribution in [2.45, 2.75) is 51.0 Å². The smallest absolute Gasteiger partial charge is 0.254 e. The quantitative estimate of drug-likeness (QED) is 0.701. The van der Waals surface area contributed by atoms with E-state index in [-0.39, 0.29) is 11.8 Å². The first-order chi connectivity index (χ1) is 13.6. The fourth-order valence-electron chi connectivity index (χ4n) is 4.07.